The van der Waals surface area contributed by atoms with Gasteiger partial charge in [0.15, 0.2) is 5.11 Å². The zero-order valence-electron chi connectivity index (χ0n) is 15.1. The van der Waals surface area contributed by atoms with Gasteiger partial charge >= 0.3 is 0 Å². The molecule has 0 atom stereocenters. The lowest BCUT2D eigenvalue weighted by Crippen LogP contribution is -2.42. The number of rotatable bonds is 5. The number of non-ortho nitro benzene ring substituents is 1. The van der Waals surface area contributed by atoms with Crippen molar-refractivity contribution in [3.8, 4) is 5.75 Å². The van der Waals surface area contributed by atoms with Crippen molar-refractivity contribution >= 4 is 61.3 Å². The molecule has 3 rings (SSSR count). The Balaban J connectivity index is 1.71. The van der Waals surface area contributed by atoms with Crippen LogP contribution in [0, 0.1) is 10.1 Å². The minimum absolute atomic E-state index is 0.0274. The number of anilines is 1. The van der Waals surface area contributed by atoms with E-state index in [1.807, 2.05) is 24.3 Å². The molecule has 3 aromatic rings. The third kappa shape index (κ3) is 4.61. The third-order valence-corrected chi connectivity index (χ3v) is 5.01. The predicted molar refractivity (Wildman–Crippen MR) is 118 cm³/mol. The van der Waals surface area contributed by atoms with Crippen molar-refractivity contribution in [3.63, 3.8) is 0 Å². The van der Waals surface area contributed by atoms with Crippen molar-refractivity contribution in [1.29, 1.82) is 0 Å². The van der Waals surface area contributed by atoms with Gasteiger partial charge in [-0.05, 0) is 57.1 Å². The summed E-state index contributed by atoms with van der Waals surface area (Å²) in [6, 6.07) is 15.0. The van der Waals surface area contributed by atoms with Crippen LogP contribution in [-0.2, 0) is 0 Å². The summed E-state index contributed by atoms with van der Waals surface area (Å²) in [5.41, 5.74) is 6.26. The molecule has 0 bridgehead atoms. The largest absolute Gasteiger partial charge is 0.495 e. The van der Waals surface area contributed by atoms with Crippen molar-refractivity contribution in [3.05, 3.63) is 74.7 Å². The lowest BCUT2D eigenvalue weighted by Gasteiger charge is -2.15. The van der Waals surface area contributed by atoms with E-state index in [0.29, 0.717) is 21.5 Å². The lowest BCUT2D eigenvalue weighted by molar-refractivity contribution is -0.384. The topological polar surface area (TPSA) is 106 Å². The van der Waals surface area contributed by atoms with E-state index in [9.17, 15) is 14.9 Å². The van der Waals surface area contributed by atoms with Gasteiger partial charge in [-0.15, -0.1) is 0 Å². The van der Waals surface area contributed by atoms with Gasteiger partial charge in [0.25, 0.3) is 11.6 Å². The second kappa shape index (κ2) is 8.84. The highest BCUT2D eigenvalue weighted by Gasteiger charge is 2.19. The van der Waals surface area contributed by atoms with Crippen LogP contribution in [0.3, 0.4) is 0 Å². The molecule has 3 N–H and O–H groups in total. The van der Waals surface area contributed by atoms with Gasteiger partial charge in [0.1, 0.15) is 5.75 Å². The highest BCUT2D eigenvalue weighted by Crippen LogP contribution is 2.36. The van der Waals surface area contributed by atoms with Crippen LogP contribution in [0.2, 0.25) is 0 Å². The number of benzene rings is 3. The number of hydrazine groups is 1. The molecule has 0 spiro atoms. The number of thiocarbonyl (C=S) groups is 1. The number of nitro groups is 1. The molecule has 10 heteroatoms. The lowest BCUT2D eigenvalue weighted by atomic mass is 10.1. The van der Waals surface area contributed by atoms with E-state index in [-0.39, 0.29) is 10.8 Å². The maximum absolute atomic E-state index is 12.7. The SMILES string of the molecule is COc1c(C(=O)NC(=S)NNc2ccc([N+](=O)[O-])cc2)cc2ccccc2c1Br. The Hall–Kier alpha value is -3.24. The Bertz CT molecular complexity index is 1110. The van der Waals surface area contributed by atoms with E-state index in [4.69, 9.17) is 17.0 Å². The number of halogens is 1. The second-order valence-electron chi connectivity index (χ2n) is 5.83. The van der Waals surface area contributed by atoms with Crippen LogP contribution in [0.15, 0.2) is 59.1 Å². The van der Waals surface area contributed by atoms with Crippen LogP contribution in [0.25, 0.3) is 10.8 Å². The smallest absolute Gasteiger partial charge is 0.269 e. The molecule has 1 amide bonds. The maximum Gasteiger partial charge on any atom is 0.269 e. The van der Waals surface area contributed by atoms with Crippen molar-refractivity contribution in [1.82, 2.24) is 10.7 Å². The zero-order chi connectivity index (χ0) is 21.0. The summed E-state index contributed by atoms with van der Waals surface area (Å²) in [6.45, 7) is 0. The predicted octanol–water partition coefficient (Wildman–Crippen LogP) is 4.15. The van der Waals surface area contributed by atoms with Crippen molar-refractivity contribution < 1.29 is 14.5 Å². The van der Waals surface area contributed by atoms with Crippen molar-refractivity contribution in [2.45, 2.75) is 0 Å². The number of nitrogens with one attached hydrogen (secondary N) is 3. The van der Waals surface area contributed by atoms with Crippen LogP contribution in [0.4, 0.5) is 11.4 Å². The highest BCUT2D eigenvalue weighted by molar-refractivity contribution is 9.10. The third-order valence-electron chi connectivity index (χ3n) is 4.02. The highest BCUT2D eigenvalue weighted by atomic mass is 79.9. The van der Waals surface area contributed by atoms with E-state index >= 15 is 0 Å². The number of ether oxygens (including phenoxy) is 1. The number of fused-ring (bicyclic) bond motifs is 1. The van der Waals surface area contributed by atoms with E-state index in [0.717, 1.165) is 10.8 Å². The Morgan fingerprint density at radius 3 is 2.52 bits per heavy atom. The summed E-state index contributed by atoms with van der Waals surface area (Å²) < 4.78 is 6.08. The minimum atomic E-state index is -0.489. The molecule has 0 radical (unpaired) electrons. The van der Waals surface area contributed by atoms with Crippen molar-refractivity contribution in [2.75, 3.05) is 12.5 Å². The van der Waals surface area contributed by atoms with Crippen LogP contribution in [0.1, 0.15) is 10.4 Å². The van der Waals surface area contributed by atoms with Gasteiger partial charge in [-0.3, -0.25) is 31.1 Å². The van der Waals surface area contributed by atoms with Gasteiger partial charge in [0.2, 0.25) is 0 Å². The molecular formula is C19H15BrN4O4S. The number of amides is 1. The molecule has 29 heavy (non-hydrogen) atoms. The number of hydrogen-bond acceptors (Lipinski definition) is 6. The van der Waals surface area contributed by atoms with Gasteiger partial charge in [0, 0.05) is 12.1 Å². The van der Waals surface area contributed by atoms with Gasteiger partial charge in [-0.1, -0.05) is 24.3 Å². The Morgan fingerprint density at radius 1 is 1.17 bits per heavy atom. The van der Waals surface area contributed by atoms with Crippen LogP contribution < -0.4 is 20.9 Å². The fraction of sp³-hybridized carbons (Fsp3) is 0.0526. The fourth-order valence-corrected chi connectivity index (χ4v) is 3.53. The molecule has 0 aliphatic carbocycles. The second-order valence-corrected chi connectivity index (χ2v) is 7.03. The monoisotopic (exact) mass is 474 g/mol. The average Bonchev–Trinajstić information content (AvgIpc) is 2.72. The van der Waals surface area contributed by atoms with Gasteiger partial charge in [-0.25, -0.2) is 0 Å². The molecule has 0 fully saturated rings. The minimum Gasteiger partial charge on any atom is -0.495 e. The maximum atomic E-state index is 12.7. The van der Waals surface area contributed by atoms with Gasteiger partial charge in [-0.2, -0.15) is 0 Å². The molecular weight excluding hydrogens is 460 g/mol. The molecule has 0 unspecified atom stereocenters. The normalized spacial score (nSPS) is 10.3. The number of nitrogens with zero attached hydrogens (tertiary/aromatic N) is 1. The van der Waals surface area contributed by atoms with E-state index in [2.05, 4.69) is 32.1 Å². The average molecular weight is 475 g/mol. The first-order valence-corrected chi connectivity index (χ1v) is 9.48. The van der Waals surface area contributed by atoms with Crippen LogP contribution in [-0.4, -0.2) is 23.1 Å². The van der Waals surface area contributed by atoms with Gasteiger partial charge < -0.3 is 4.74 Å². The van der Waals surface area contributed by atoms with E-state index < -0.39 is 10.8 Å². The number of methoxy groups -OCH3 is 1. The first-order chi connectivity index (χ1) is 13.9. The van der Waals surface area contributed by atoms with Crippen LogP contribution in [0.5, 0.6) is 5.75 Å². The Labute approximate surface area is 179 Å². The standard InChI is InChI=1S/C19H15BrN4O4S/c1-28-17-15(10-11-4-2-3-5-14(11)16(17)20)18(25)21-19(29)23-22-12-6-8-13(9-7-12)24(26)27/h2-10,22H,1H3,(H2,21,23,25,29). The molecule has 8 nitrogen and oxygen atoms in total. The van der Waals surface area contributed by atoms with E-state index in [1.54, 1.807) is 6.07 Å². The van der Waals surface area contributed by atoms with E-state index in [1.165, 1.54) is 31.4 Å². The molecule has 0 aliphatic heterocycles. The quantitative estimate of drug-likeness (QED) is 0.289. The Kier molecular flexibility index (Phi) is 6.25. The zero-order valence-corrected chi connectivity index (χ0v) is 17.5. The van der Waals surface area contributed by atoms with Crippen LogP contribution >= 0.6 is 28.1 Å². The molecule has 0 saturated carbocycles. The van der Waals surface area contributed by atoms with Crippen molar-refractivity contribution in [2.24, 2.45) is 0 Å². The molecule has 0 aliphatic rings. The van der Waals surface area contributed by atoms with Gasteiger partial charge in [0.05, 0.1) is 27.8 Å². The molecule has 0 saturated heterocycles. The summed E-state index contributed by atoms with van der Waals surface area (Å²) in [5.74, 6) is -0.0522. The summed E-state index contributed by atoms with van der Waals surface area (Å²) in [5, 5.41) is 15.1. The molecule has 0 heterocycles. The number of carbonyl (C=O) groups is 1. The summed E-state index contributed by atoms with van der Waals surface area (Å²) in [6.07, 6.45) is 0. The first kappa shape index (κ1) is 20.5. The summed E-state index contributed by atoms with van der Waals surface area (Å²) in [4.78, 5) is 22.9. The summed E-state index contributed by atoms with van der Waals surface area (Å²) >= 11 is 8.63. The Morgan fingerprint density at radius 2 is 1.86 bits per heavy atom. The number of nitro benzene ring substituents is 1. The fourth-order valence-electron chi connectivity index (χ4n) is 2.65. The molecule has 0 aromatic heterocycles. The first-order valence-electron chi connectivity index (χ1n) is 8.27. The number of hydrogen-bond donors (Lipinski definition) is 3. The summed E-state index contributed by atoms with van der Waals surface area (Å²) in [7, 11) is 1.48. The molecule has 148 valence electrons. The number of carbonyl (C=O) groups excluding carboxylic acids is 1. The molecule has 3 aromatic carbocycles.